The minimum absolute atomic E-state index is 0.0915. The van der Waals surface area contributed by atoms with E-state index in [1.54, 1.807) is 0 Å². The summed E-state index contributed by atoms with van der Waals surface area (Å²) in [5.74, 6) is -0.954. The summed E-state index contributed by atoms with van der Waals surface area (Å²) < 4.78 is 16.7. The van der Waals surface area contributed by atoms with E-state index in [2.05, 4.69) is 81.5 Å². The molecule has 0 aliphatic carbocycles. The van der Waals surface area contributed by atoms with E-state index in [4.69, 9.17) is 14.2 Å². The van der Waals surface area contributed by atoms with Crippen molar-refractivity contribution in [1.82, 2.24) is 0 Å². The van der Waals surface area contributed by atoms with Crippen LogP contribution in [0.1, 0.15) is 252 Å². The first-order valence-electron chi connectivity index (χ1n) is 25.8. The molecule has 6 heteroatoms. The molecule has 0 amide bonds. The van der Waals surface area contributed by atoms with Crippen molar-refractivity contribution < 1.29 is 28.6 Å². The molecule has 1 unspecified atom stereocenters. The van der Waals surface area contributed by atoms with Crippen molar-refractivity contribution in [3.63, 3.8) is 0 Å². The van der Waals surface area contributed by atoms with E-state index in [-0.39, 0.29) is 37.5 Å². The van der Waals surface area contributed by atoms with Crippen LogP contribution >= 0.6 is 0 Å². The number of unbranched alkanes of at least 4 members (excludes halogenated alkanes) is 25. The molecule has 0 heterocycles. The van der Waals surface area contributed by atoms with E-state index >= 15 is 0 Å². The molecule has 0 saturated carbocycles. The SMILES string of the molecule is CCCCC/C=C\C/C=C\C/C=C\C/C=C\CCCC(=O)OCC(COC(=O)CCCCCCCCCCC)OC(=O)CCCCCCCCC/C=C\CCCCCCCC. The van der Waals surface area contributed by atoms with Crippen molar-refractivity contribution in [3.8, 4) is 0 Å². The average molecular weight is 853 g/mol. The van der Waals surface area contributed by atoms with Gasteiger partial charge in [0.05, 0.1) is 0 Å². The molecule has 0 aliphatic heterocycles. The summed E-state index contributed by atoms with van der Waals surface area (Å²) in [6, 6.07) is 0. The van der Waals surface area contributed by atoms with Gasteiger partial charge in [0.25, 0.3) is 0 Å². The van der Waals surface area contributed by atoms with E-state index < -0.39 is 6.10 Å². The first kappa shape index (κ1) is 58.1. The van der Waals surface area contributed by atoms with E-state index in [1.807, 2.05) is 0 Å². The van der Waals surface area contributed by atoms with Crippen LogP contribution in [0.2, 0.25) is 0 Å². The largest absolute Gasteiger partial charge is 0.462 e. The van der Waals surface area contributed by atoms with E-state index in [9.17, 15) is 14.4 Å². The average Bonchev–Trinajstić information content (AvgIpc) is 3.26. The van der Waals surface area contributed by atoms with Crippen molar-refractivity contribution in [2.75, 3.05) is 13.2 Å². The van der Waals surface area contributed by atoms with Crippen molar-refractivity contribution in [2.45, 2.75) is 258 Å². The van der Waals surface area contributed by atoms with Crippen LogP contribution in [0.3, 0.4) is 0 Å². The Morgan fingerprint density at radius 1 is 0.328 bits per heavy atom. The summed E-state index contributed by atoms with van der Waals surface area (Å²) in [5, 5.41) is 0. The molecule has 0 aromatic heterocycles. The predicted molar refractivity (Wildman–Crippen MR) is 261 cm³/mol. The molecule has 0 rings (SSSR count). The quantitative estimate of drug-likeness (QED) is 0.0263. The van der Waals surface area contributed by atoms with Gasteiger partial charge in [0.1, 0.15) is 13.2 Å². The summed E-state index contributed by atoms with van der Waals surface area (Å²) in [5.41, 5.74) is 0. The third-order valence-corrected chi connectivity index (χ3v) is 11.0. The highest BCUT2D eigenvalue weighted by Gasteiger charge is 2.19. The lowest BCUT2D eigenvalue weighted by Crippen LogP contribution is -2.30. The van der Waals surface area contributed by atoms with Gasteiger partial charge < -0.3 is 14.2 Å². The normalized spacial score (nSPS) is 12.5. The van der Waals surface area contributed by atoms with Gasteiger partial charge in [-0.1, -0.05) is 210 Å². The minimum atomic E-state index is -0.795. The molecule has 6 nitrogen and oxygen atoms in total. The molecule has 0 radical (unpaired) electrons. The lowest BCUT2D eigenvalue weighted by Gasteiger charge is -2.18. The highest BCUT2D eigenvalue weighted by atomic mass is 16.6. The second kappa shape index (κ2) is 49.8. The molecule has 61 heavy (non-hydrogen) atoms. The second-order valence-electron chi connectivity index (χ2n) is 17.1. The molecule has 0 aromatic rings. The van der Waals surface area contributed by atoms with Crippen molar-refractivity contribution in [1.29, 1.82) is 0 Å². The lowest BCUT2D eigenvalue weighted by atomic mass is 10.1. The van der Waals surface area contributed by atoms with Crippen molar-refractivity contribution in [3.05, 3.63) is 60.8 Å². The summed E-state index contributed by atoms with van der Waals surface area (Å²) in [4.78, 5) is 37.9. The van der Waals surface area contributed by atoms with E-state index in [1.165, 1.54) is 141 Å². The van der Waals surface area contributed by atoms with Gasteiger partial charge in [-0.3, -0.25) is 14.4 Å². The van der Waals surface area contributed by atoms with Gasteiger partial charge >= 0.3 is 17.9 Å². The van der Waals surface area contributed by atoms with Crippen LogP contribution in [0.4, 0.5) is 0 Å². The summed E-state index contributed by atoms with van der Waals surface area (Å²) in [7, 11) is 0. The topological polar surface area (TPSA) is 78.9 Å². The molecule has 0 spiro atoms. The van der Waals surface area contributed by atoms with Gasteiger partial charge in [0.15, 0.2) is 6.10 Å². The van der Waals surface area contributed by atoms with Gasteiger partial charge in [0, 0.05) is 19.3 Å². The number of allylic oxidation sites excluding steroid dienone is 10. The second-order valence-corrected chi connectivity index (χ2v) is 17.1. The number of esters is 3. The molecular formula is C55H96O6. The number of ether oxygens (including phenoxy) is 3. The van der Waals surface area contributed by atoms with E-state index in [0.717, 1.165) is 64.2 Å². The van der Waals surface area contributed by atoms with Crippen LogP contribution in [0.15, 0.2) is 60.8 Å². The van der Waals surface area contributed by atoms with Gasteiger partial charge in [-0.2, -0.15) is 0 Å². The van der Waals surface area contributed by atoms with Crippen LogP contribution in [0, 0.1) is 0 Å². The maximum atomic E-state index is 12.8. The Hall–Kier alpha value is -2.89. The van der Waals surface area contributed by atoms with Crippen molar-refractivity contribution >= 4 is 17.9 Å². The zero-order valence-electron chi connectivity index (χ0n) is 40.2. The molecule has 1 atom stereocenters. The van der Waals surface area contributed by atoms with Crippen LogP contribution in [0.25, 0.3) is 0 Å². The third kappa shape index (κ3) is 48.0. The van der Waals surface area contributed by atoms with Gasteiger partial charge in [0.2, 0.25) is 0 Å². The fourth-order valence-corrected chi connectivity index (χ4v) is 7.08. The monoisotopic (exact) mass is 853 g/mol. The van der Waals surface area contributed by atoms with Gasteiger partial charge in [-0.25, -0.2) is 0 Å². The molecule has 0 fully saturated rings. The molecule has 0 aromatic carbocycles. The van der Waals surface area contributed by atoms with Gasteiger partial charge in [-0.15, -0.1) is 0 Å². The standard InChI is InChI=1S/C55H96O6/c1-4-7-10-13-16-19-21-23-25-27-29-31-33-36-39-42-45-48-54(57)60-51-52(50-59-53(56)47-44-41-38-35-18-15-12-9-6-3)61-55(58)49-46-43-40-37-34-32-30-28-26-24-22-20-17-14-11-8-5-2/h16,19,23-26,29,31,36,39,52H,4-15,17-18,20-22,27-28,30,32-35,37-38,40-51H2,1-3H3/b19-16-,25-23-,26-24-,31-29-,39-36-. The first-order chi connectivity index (χ1) is 30.0. The van der Waals surface area contributed by atoms with Crippen LogP contribution in [-0.4, -0.2) is 37.2 Å². The predicted octanol–water partition coefficient (Wildman–Crippen LogP) is 16.9. The third-order valence-electron chi connectivity index (χ3n) is 11.0. The highest BCUT2D eigenvalue weighted by Crippen LogP contribution is 2.14. The maximum Gasteiger partial charge on any atom is 0.306 e. The molecule has 352 valence electrons. The van der Waals surface area contributed by atoms with Gasteiger partial charge in [-0.05, 0) is 83.5 Å². The maximum absolute atomic E-state index is 12.8. The van der Waals surface area contributed by atoms with Crippen molar-refractivity contribution in [2.24, 2.45) is 0 Å². The molecule has 0 bridgehead atoms. The highest BCUT2D eigenvalue weighted by molar-refractivity contribution is 5.71. The smallest absolute Gasteiger partial charge is 0.306 e. The molecule has 0 aliphatic rings. The first-order valence-corrected chi connectivity index (χ1v) is 25.8. The summed E-state index contributed by atoms with van der Waals surface area (Å²) in [6.45, 7) is 6.54. The number of carbonyl (C=O) groups is 3. The lowest BCUT2D eigenvalue weighted by molar-refractivity contribution is -0.167. The Morgan fingerprint density at radius 3 is 1.03 bits per heavy atom. The Labute approximate surface area is 377 Å². The molecule has 0 saturated heterocycles. The zero-order chi connectivity index (χ0) is 44.4. The number of rotatable bonds is 46. The Bertz CT molecular complexity index is 1120. The Balaban J connectivity index is 4.41. The Kier molecular flexibility index (Phi) is 47.4. The van der Waals surface area contributed by atoms with Crippen LogP contribution in [-0.2, 0) is 28.6 Å². The zero-order valence-corrected chi connectivity index (χ0v) is 40.2. The molecular weight excluding hydrogens is 757 g/mol. The Morgan fingerprint density at radius 2 is 0.607 bits per heavy atom. The number of hydrogen-bond acceptors (Lipinski definition) is 6. The molecule has 0 N–H and O–H groups in total. The van der Waals surface area contributed by atoms with E-state index in [0.29, 0.717) is 19.3 Å². The van der Waals surface area contributed by atoms with Crippen LogP contribution < -0.4 is 0 Å². The fraction of sp³-hybridized carbons (Fsp3) is 0.764. The fourth-order valence-electron chi connectivity index (χ4n) is 7.08. The summed E-state index contributed by atoms with van der Waals surface area (Å²) in [6.07, 6.45) is 60.7. The number of hydrogen-bond donors (Lipinski definition) is 0. The minimum Gasteiger partial charge on any atom is -0.462 e. The van der Waals surface area contributed by atoms with Crippen LogP contribution in [0.5, 0.6) is 0 Å². The number of carbonyl (C=O) groups excluding carboxylic acids is 3. The summed E-state index contributed by atoms with van der Waals surface area (Å²) >= 11 is 0.